The fraction of sp³-hybridized carbons (Fsp3) is 0.889. The van der Waals surface area contributed by atoms with Crippen LogP contribution in [0.1, 0.15) is 32.6 Å². The van der Waals surface area contributed by atoms with E-state index < -0.39 is 0 Å². The predicted molar refractivity (Wildman–Crippen MR) is 48.7 cm³/mol. The standard InChI is InChI=1S/C9H18N2O/c1-2-5-8(10)9(12)11-6-3-4-7-11/h8H,2-7,10H2,1H3. The monoisotopic (exact) mass is 170 g/mol. The minimum atomic E-state index is -0.256. The van der Waals surface area contributed by atoms with Crippen LogP contribution in [0.2, 0.25) is 0 Å². The molecule has 3 nitrogen and oxygen atoms in total. The van der Waals surface area contributed by atoms with E-state index in [1.165, 1.54) is 0 Å². The van der Waals surface area contributed by atoms with Crippen molar-refractivity contribution < 1.29 is 4.79 Å². The van der Waals surface area contributed by atoms with E-state index in [1.807, 2.05) is 4.90 Å². The normalized spacial score (nSPS) is 19.7. The maximum atomic E-state index is 11.5. The van der Waals surface area contributed by atoms with Crippen LogP contribution < -0.4 is 5.73 Å². The van der Waals surface area contributed by atoms with Gasteiger partial charge in [0.05, 0.1) is 6.04 Å². The summed E-state index contributed by atoms with van der Waals surface area (Å²) in [7, 11) is 0. The summed E-state index contributed by atoms with van der Waals surface area (Å²) in [5, 5.41) is 0. The van der Waals surface area contributed by atoms with Crippen molar-refractivity contribution in [2.75, 3.05) is 13.1 Å². The quantitative estimate of drug-likeness (QED) is 0.679. The van der Waals surface area contributed by atoms with Gasteiger partial charge >= 0.3 is 0 Å². The molecule has 1 unspecified atom stereocenters. The molecule has 0 radical (unpaired) electrons. The Bertz CT molecular complexity index is 153. The molecule has 0 aromatic heterocycles. The highest BCUT2D eigenvalue weighted by molar-refractivity contribution is 5.81. The Morgan fingerprint density at radius 1 is 1.50 bits per heavy atom. The maximum absolute atomic E-state index is 11.5. The van der Waals surface area contributed by atoms with Gasteiger partial charge in [-0.15, -0.1) is 0 Å². The average Bonchev–Trinajstić information content (AvgIpc) is 2.55. The minimum Gasteiger partial charge on any atom is -0.341 e. The van der Waals surface area contributed by atoms with Gasteiger partial charge in [0.15, 0.2) is 0 Å². The van der Waals surface area contributed by atoms with Crippen LogP contribution in [0.3, 0.4) is 0 Å². The van der Waals surface area contributed by atoms with E-state index in [1.54, 1.807) is 0 Å². The second kappa shape index (κ2) is 4.45. The molecule has 1 amide bonds. The molecular weight excluding hydrogens is 152 g/mol. The summed E-state index contributed by atoms with van der Waals surface area (Å²) >= 11 is 0. The SMILES string of the molecule is CCCC(N)C(=O)N1CCCC1. The van der Waals surface area contributed by atoms with Gasteiger partial charge in [-0.3, -0.25) is 4.79 Å². The van der Waals surface area contributed by atoms with Crippen LogP contribution in [0.5, 0.6) is 0 Å². The van der Waals surface area contributed by atoms with Crippen molar-refractivity contribution in [2.45, 2.75) is 38.6 Å². The van der Waals surface area contributed by atoms with Crippen molar-refractivity contribution in [1.29, 1.82) is 0 Å². The van der Waals surface area contributed by atoms with Gasteiger partial charge < -0.3 is 10.6 Å². The summed E-state index contributed by atoms with van der Waals surface area (Å²) in [6, 6.07) is -0.256. The summed E-state index contributed by atoms with van der Waals surface area (Å²) in [6.07, 6.45) is 4.09. The van der Waals surface area contributed by atoms with Crippen molar-refractivity contribution in [3.8, 4) is 0 Å². The summed E-state index contributed by atoms with van der Waals surface area (Å²) in [4.78, 5) is 13.4. The summed E-state index contributed by atoms with van der Waals surface area (Å²) in [5.41, 5.74) is 5.72. The van der Waals surface area contributed by atoms with E-state index in [-0.39, 0.29) is 11.9 Å². The number of likely N-dealkylation sites (tertiary alicyclic amines) is 1. The van der Waals surface area contributed by atoms with Gasteiger partial charge in [-0.05, 0) is 19.3 Å². The minimum absolute atomic E-state index is 0.148. The molecule has 70 valence electrons. The molecule has 0 aromatic carbocycles. The molecule has 12 heavy (non-hydrogen) atoms. The van der Waals surface area contributed by atoms with Crippen LogP contribution in [0, 0.1) is 0 Å². The molecule has 0 saturated carbocycles. The lowest BCUT2D eigenvalue weighted by molar-refractivity contribution is -0.131. The number of nitrogens with zero attached hydrogens (tertiary/aromatic N) is 1. The highest BCUT2D eigenvalue weighted by Crippen LogP contribution is 2.09. The van der Waals surface area contributed by atoms with E-state index in [0.29, 0.717) is 0 Å². The molecule has 2 N–H and O–H groups in total. The zero-order valence-corrected chi connectivity index (χ0v) is 7.75. The molecule has 1 fully saturated rings. The van der Waals surface area contributed by atoms with Gasteiger partial charge in [-0.25, -0.2) is 0 Å². The van der Waals surface area contributed by atoms with Gasteiger partial charge in [0.2, 0.25) is 5.91 Å². The van der Waals surface area contributed by atoms with Gasteiger partial charge in [-0.1, -0.05) is 13.3 Å². The third-order valence-electron chi connectivity index (χ3n) is 2.33. The third kappa shape index (κ3) is 2.21. The number of hydrogen-bond donors (Lipinski definition) is 1. The Morgan fingerprint density at radius 2 is 2.08 bits per heavy atom. The van der Waals surface area contributed by atoms with Gasteiger partial charge in [0.1, 0.15) is 0 Å². The highest BCUT2D eigenvalue weighted by Gasteiger charge is 2.22. The molecule has 0 bridgehead atoms. The van der Waals surface area contributed by atoms with Gasteiger partial charge in [0, 0.05) is 13.1 Å². The Hall–Kier alpha value is -0.570. The first kappa shape index (κ1) is 9.52. The van der Waals surface area contributed by atoms with Crippen molar-refractivity contribution in [2.24, 2.45) is 5.73 Å². The Kier molecular flexibility index (Phi) is 3.53. The summed E-state index contributed by atoms with van der Waals surface area (Å²) < 4.78 is 0. The lowest BCUT2D eigenvalue weighted by Gasteiger charge is -2.19. The molecule has 1 heterocycles. The van der Waals surface area contributed by atoms with Crippen molar-refractivity contribution in [3.05, 3.63) is 0 Å². The lowest BCUT2D eigenvalue weighted by atomic mass is 10.1. The van der Waals surface area contributed by atoms with Gasteiger partial charge in [0.25, 0.3) is 0 Å². The van der Waals surface area contributed by atoms with Crippen LogP contribution in [0.25, 0.3) is 0 Å². The number of carbonyl (C=O) groups is 1. The van der Waals surface area contributed by atoms with Crippen molar-refractivity contribution in [1.82, 2.24) is 4.90 Å². The van der Waals surface area contributed by atoms with Crippen LogP contribution in [-0.2, 0) is 4.79 Å². The first-order valence-corrected chi connectivity index (χ1v) is 4.80. The number of amides is 1. The number of nitrogens with two attached hydrogens (primary N) is 1. The zero-order chi connectivity index (χ0) is 8.97. The molecule has 0 aromatic rings. The van der Waals surface area contributed by atoms with E-state index in [9.17, 15) is 4.79 Å². The molecule has 0 aliphatic carbocycles. The molecule has 0 spiro atoms. The van der Waals surface area contributed by atoms with E-state index in [0.717, 1.165) is 38.8 Å². The summed E-state index contributed by atoms with van der Waals surface area (Å²) in [6.45, 7) is 3.88. The molecule has 3 heteroatoms. The van der Waals surface area contributed by atoms with E-state index in [4.69, 9.17) is 5.73 Å². The fourth-order valence-electron chi connectivity index (χ4n) is 1.61. The molecular formula is C9H18N2O. The van der Waals surface area contributed by atoms with E-state index in [2.05, 4.69) is 6.92 Å². The van der Waals surface area contributed by atoms with Crippen molar-refractivity contribution >= 4 is 5.91 Å². The Morgan fingerprint density at radius 3 is 2.58 bits per heavy atom. The topological polar surface area (TPSA) is 46.3 Å². The Labute approximate surface area is 73.9 Å². The van der Waals surface area contributed by atoms with Crippen LogP contribution in [0.15, 0.2) is 0 Å². The van der Waals surface area contributed by atoms with Crippen LogP contribution in [0.4, 0.5) is 0 Å². The number of rotatable bonds is 3. The second-order valence-corrected chi connectivity index (χ2v) is 3.43. The smallest absolute Gasteiger partial charge is 0.239 e. The lowest BCUT2D eigenvalue weighted by Crippen LogP contribution is -2.42. The number of hydrogen-bond acceptors (Lipinski definition) is 2. The molecule has 1 rings (SSSR count). The largest absolute Gasteiger partial charge is 0.341 e. The third-order valence-corrected chi connectivity index (χ3v) is 2.33. The molecule has 1 saturated heterocycles. The zero-order valence-electron chi connectivity index (χ0n) is 7.75. The molecule has 1 atom stereocenters. The van der Waals surface area contributed by atoms with E-state index >= 15 is 0 Å². The van der Waals surface area contributed by atoms with Crippen LogP contribution in [-0.4, -0.2) is 29.9 Å². The van der Waals surface area contributed by atoms with Crippen molar-refractivity contribution in [3.63, 3.8) is 0 Å². The highest BCUT2D eigenvalue weighted by atomic mass is 16.2. The predicted octanol–water partition coefficient (Wildman–Crippen LogP) is 0.736. The number of carbonyl (C=O) groups excluding carboxylic acids is 1. The Balaban J connectivity index is 2.34. The fourth-order valence-corrected chi connectivity index (χ4v) is 1.61. The first-order chi connectivity index (χ1) is 5.75. The van der Waals surface area contributed by atoms with Crippen LogP contribution >= 0.6 is 0 Å². The summed E-state index contributed by atoms with van der Waals surface area (Å²) in [5.74, 6) is 0.148. The maximum Gasteiger partial charge on any atom is 0.239 e. The molecule has 1 aliphatic rings. The second-order valence-electron chi connectivity index (χ2n) is 3.43. The van der Waals surface area contributed by atoms with Gasteiger partial charge in [-0.2, -0.15) is 0 Å². The average molecular weight is 170 g/mol. The first-order valence-electron chi connectivity index (χ1n) is 4.80. The molecule has 1 aliphatic heterocycles.